The molecule has 2 aromatic rings. The normalized spacial score (nSPS) is 19.0. The van der Waals surface area contributed by atoms with Crippen molar-refractivity contribution < 1.29 is 49.4 Å². The molecule has 0 bridgehead atoms. The summed E-state index contributed by atoms with van der Waals surface area (Å²) in [6.07, 6.45) is -5.99. The van der Waals surface area contributed by atoms with E-state index < -0.39 is 52.6 Å². The maximum absolute atomic E-state index is 14.6. The fraction of sp³-hybridized carbons (Fsp3) is 0.458. The summed E-state index contributed by atoms with van der Waals surface area (Å²) in [6, 6.07) is 3.47. The molecule has 3 nitrogen and oxygen atoms in total. The lowest BCUT2D eigenvalue weighted by atomic mass is 9.80. The summed E-state index contributed by atoms with van der Waals surface area (Å²) in [5, 5.41) is 0. The van der Waals surface area contributed by atoms with Gasteiger partial charge in [0.05, 0.1) is 5.92 Å². The van der Waals surface area contributed by atoms with Crippen LogP contribution in [0, 0.1) is 29.3 Å². The molecular weight excluding hydrogens is 488 g/mol. The van der Waals surface area contributed by atoms with Gasteiger partial charge in [-0.25, -0.2) is 17.9 Å². The van der Waals surface area contributed by atoms with Gasteiger partial charge in [-0.1, -0.05) is 19.8 Å². The van der Waals surface area contributed by atoms with Crippen LogP contribution in [0.3, 0.4) is 0 Å². The van der Waals surface area contributed by atoms with Crippen molar-refractivity contribution in [2.45, 2.75) is 57.9 Å². The topological polar surface area (TPSA) is 35.5 Å². The molecule has 1 aliphatic rings. The van der Waals surface area contributed by atoms with Gasteiger partial charge in [0.2, 0.25) is 0 Å². The predicted molar refractivity (Wildman–Crippen MR) is 109 cm³/mol. The molecule has 1 fully saturated rings. The van der Waals surface area contributed by atoms with Crippen LogP contribution < -0.4 is 4.74 Å². The number of hydrogen-bond donors (Lipinski definition) is 0. The Labute approximate surface area is 196 Å². The molecule has 1 saturated carbocycles. The Morgan fingerprint density at radius 1 is 0.914 bits per heavy atom. The second-order valence-electron chi connectivity index (χ2n) is 8.45. The number of carbonyl (C=O) groups is 1. The van der Waals surface area contributed by atoms with Crippen LogP contribution >= 0.6 is 0 Å². The molecule has 1 aliphatic carbocycles. The van der Waals surface area contributed by atoms with Gasteiger partial charge in [0, 0.05) is 11.6 Å². The van der Waals surface area contributed by atoms with E-state index in [2.05, 4.69) is 11.7 Å². The van der Waals surface area contributed by atoms with Crippen molar-refractivity contribution in [3.05, 3.63) is 53.3 Å². The minimum atomic E-state index is -5.87. The molecule has 0 aliphatic heterocycles. The van der Waals surface area contributed by atoms with Gasteiger partial charge < -0.3 is 4.74 Å². The number of halogens is 8. The van der Waals surface area contributed by atoms with Gasteiger partial charge >= 0.3 is 18.4 Å². The summed E-state index contributed by atoms with van der Waals surface area (Å²) in [4.78, 5) is 12.4. The highest BCUT2D eigenvalue weighted by Crippen LogP contribution is 2.40. The van der Waals surface area contributed by atoms with Crippen molar-refractivity contribution >= 4 is 5.97 Å². The molecule has 3 rings (SSSR count). The molecule has 0 atom stereocenters. The highest BCUT2D eigenvalue weighted by Gasteiger charge is 2.49. The van der Waals surface area contributed by atoms with E-state index in [-0.39, 0.29) is 23.8 Å². The van der Waals surface area contributed by atoms with Gasteiger partial charge in [-0.05, 0) is 61.4 Å². The molecule has 0 aromatic heterocycles. The third kappa shape index (κ3) is 6.71. The molecule has 0 N–H and O–H groups in total. The van der Waals surface area contributed by atoms with Gasteiger partial charge in [0.25, 0.3) is 0 Å². The van der Waals surface area contributed by atoms with E-state index in [0.29, 0.717) is 18.8 Å². The number of hydrogen-bond acceptors (Lipinski definition) is 3. The third-order valence-corrected chi connectivity index (χ3v) is 5.92. The second-order valence-corrected chi connectivity index (χ2v) is 8.45. The predicted octanol–water partition coefficient (Wildman–Crippen LogP) is 7.87. The average molecular weight is 510 g/mol. The van der Waals surface area contributed by atoms with Gasteiger partial charge in [-0.15, -0.1) is 13.2 Å². The molecular formula is C24H22F8O3. The Morgan fingerprint density at radius 3 is 2.03 bits per heavy atom. The number of benzene rings is 2. The standard InChI is InChI=1S/C24H22F8O3/c1-2-3-13-4-6-14(7-5-13)22(33)34-16-8-9-17(18(25)12-16)15-10-19(26)21(20(27)11-15)23(28,29)35-24(30,31)32/h8-14H,2-7H2,1H3. The molecule has 0 amide bonds. The molecule has 192 valence electrons. The number of alkyl halides is 5. The Bertz CT molecular complexity index is 1040. The van der Waals surface area contributed by atoms with E-state index in [1.54, 1.807) is 0 Å². The first-order valence-corrected chi connectivity index (χ1v) is 11.0. The maximum Gasteiger partial charge on any atom is 0.527 e. The Kier molecular flexibility index (Phi) is 8.08. The van der Waals surface area contributed by atoms with Crippen LogP contribution in [-0.4, -0.2) is 12.3 Å². The molecule has 0 radical (unpaired) electrons. The van der Waals surface area contributed by atoms with Crippen LogP contribution in [0.15, 0.2) is 30.3 Å². The van der Waals surface area contributed by atoms with E-state index in [0.717, 1.165) is 43.9 Å². The van der Waals surface area contributed by atoms with Crippen molar-refractivity contribution in [1.82, 2.24) is 0 Å². The highest BCUT2D eigenvalue weighted by molar-refractivity contribution is 5.75. The van der Waals surface area contributed by atoms with Gasteiger partial charge in [0.15, 0.2) is 0 Å². The smallest absolute Gasteiger partial charge is 0.426 e. The van der Waals surface area contributed by atoms with Crippen molar-refractivity contribution in [2.75, 3.05) is 0 Å². The number of esters is 1. The van der Waals surface area contributed by atoms with E-state index in [1.807, 2.05) is 0 Å². The van der Waals surface area contributed by atoms with Gasteiger partial charge in [-0.3, -0.25) is 4.79 Å². The Morgan fingerprint density at radius 2 is 1.51 bits per heavy atom. The van der Waals surface area contributed by atoms with Crippen LogP contribution in [0.2, 0.25) is 0 Å². The molecule has 35 heavy (non-hydrogen) atoms. The zero-order chi connectivity index (χ0) is 26.0. The van der Waals surface area contributed by atoms with Crippen LogP contribution in [-0.2, 0) is 15.6 Å². The van der Waals surface area contributed by atoms with Crippen LogP contribution in [0.1, 0.15) is 51.0 Å². The molecule has 0 unspecified atom stereocenters. The van der Waals surface area contributed by atoms with Crippen LogP contribution in [0.5, 0.6) is 5.75 Å². The van der Waals surface area contributed by atoms with Crippen molar-refractivity contribution in [3.63, 3.8) is 0 Å². The fourth-order valence-corrected chi connectivity index (χ4v) is 4.29. The summed E-state index contributed by atoms with van der Waals surface area (Å²) in [5.41, 5.74) is -3.27. The summed E-state index contributed by atoms with van der Waals surface area (Å²) in [7, 11) is 0. The van der Waals surface area contributed by atoms with Crippen molar-refractivity contribution in [2.24, 2.45) is 11.8 Å². The summed E-state index contributed by atoms with van der Waals surface area (Å²) in [5.74, 6) is -5.68. The largest absolute Gasteiger partial charge is 0.527 e. The monoisotopic (exact) mass is 510 g/mol. The lowest BCUT2D eigenvalue weighted by Crippen LogP contribution is -2.29. The lowest BCUT2D eigenvalue weighted by molar-refractivity contribution is -0.432. The fourth-order valence-electron chi connectivity index (χ4n) is 4.29. The minimum absolute atomic E-state index is 0.158. The van der Waals surface area contributed by atoms with Gasteiger partial charge in [-0.2, -0.15) is 8.78 Å². The molecule has 0 heterocycles. The average Bonchev–Trinajstić information content (AvgIpc) is 2.72. The van der Waals surface area contributed by atoms with E-state index >= 15 is 0 Å². The zero-order valence-corrected chi connectivity index (χ0v) is 18.5. The zero-order valence-electron chi connectivity index (χ0n) is 18.5. The molecule has 11 heteroatoms. The Hall–Kier alpha value is -2.69. The summed E-state index contributed by atoms with van der Waals surface area (Å²) >= 11 is 0. The van der Waals surface area contributed by atoms with Crippen LogP contribution in [0.25, 0.3) is 11.1 Å². The van der Waals surface area contributed by atoms with E-state index in [4.69, 9.17) is 4.74 Å². The van der Waals surface area contributed by atoms with E-state index in [9.17, 15) is 39.9 Å². The van der Waals surface area contributed by atoms with Gasteiger partial charge in [0.1, 0.15) is 28.8 Å². The summed E-state index contributed by atoms with van der Waals surface area (Å²) in [6.45, 7) is 2.09. The number of carbonyl (C=O) groups excluding carboxylic acids is 1. The highest BCUT2D eigenvalue weighted by atomic mass is 19.4. The minimum Gasteiger partial charge on any atom is -0.426 e. The first-order valence-electron chi connectivity index (χ1n) is 11.0. The first-order chi connectivity index (χ1) is 16.3. The quantitative estimate of drug-likeness (QED) is 0.216. The third-order valence-electron chi connectivity index (χ3n) is 5.92. The SMILES string of the molecule is CCCC1CCC(C(=O)Oc2ccc(-c3cc(F)c(C(F)(F)OC(F)(F)F)c(F)c3)c(F)c2)CC1. The number of rotatable bonds is 7. The van der Waals surface area contributed by atoms with Crippen molar-refractivity contribution in [1.29, 1.82) is 0 Å². The van der Waals surface area contributed by atoms with Crippen molar-refractivity contribution in [3.8, 4) is 16.9 Å². The Balaban J connectivity index is 1.76. The summed E-state index contributed by atoms with van der Waals surface area (Å²) < 4.78 is 114. The van der Waals surface area contributed by atoms with E-state index in [1.165, 1.54) is 0 Å². The van der Waals surface area contributed by atoms with Crippen LogP contribution in [0.4, 0.5) is 35.1 Å². The maximum atomic E-state index is 14.6. The lowest BCUT2D eigenvalue weighted by Gasteiger charge is -2.26. The number of ether oxygens (including phenoxy) is 2. The first kappa shape index (κ1) is 26.9. The molecule has 0 spiro atoms. The second kappa shape index (κ2) is 10.5. The molecule has 0 saturated heterocycles. The molecule has 2 aromatic carbocycles.